The highest BCUT2D eigenvalue weighted by Gasteiger charge is 2.42. The van der Waals surface area contributed by atoms with Gasteiger partial charge in [-0.3, -0.25) is 4.68 Å². The van der Waals surface area contributed by atoms with Gasteiger partial charge in [-0.2, -0.15) is 5.10 Å². The van der Waals surface area contributed by atoms with E-state index in [-0.39, 0.29) is 11.9 Å². The van der Waals surface area contributed by atoms with Gasteiger partial charge in [0, 0.05) is 44.2 Å². The monoisotopic (exact) mass is 295 g/mol. The maximum Gasteiger partial charge on any atom is 0.173 e. The van der Waals surface area contributed by atoms with Gasteiger partial charge >= 0.3 is 0 Å². The molecule has 6 nitrogen and oxygen atoms in total. The molecule has 0 radical (unpaired) electrons. The van der Waals surface area contributed by atoms with Crippen molar-refractivity contribution in [2.45, 2.75) is 45.1 Å². The van der Waals surface area contributed by atoms with E-state index in [1.165, 1.54) is 11.3 Å². The van der Waals surface area contributed by atoms with Gasteiger partial charge in [0.05, 0.1) is 31.6 Å². The van der Waals surface area contributed by atoms with E-state index in [0.29, 0.717) is 6.61 Å². The summed E-state index contributed by atoms with van der Waals surface area (Å²) >= 11 is 0. The number of hydrogen-bond acceptors (Lipinski definition) is 5. The molecule has 1 atom stereocenters. The van der Waals surface area contributed by atoms with E-state index < -0.39 is 0 Å². The molecular formula is C15H25N3O3. The first-order chi connectivity index (χ1) is 10.1. The molecule has 2 aliphatic heterocycles. The van der Waals surface area contributed by atoms with Crippen molar-refractivity contribution in [1.29, 1.82) is 0 Å². The maximum atomic E-state index is 6.11. The van der Waals surface area contributed by atoms with E-state index in [9.17, 15) is 0 Å². The first-order valence-electron chi connectivity index (χ1n) is 7.69. The number of hydrogen-bond donors (Lipinski definition) is 1. The number of aryl methyl sites for hydroxylation is 2. The fraction of sp³-hybridized carbons (Fsp3) is 0.800. The zero-order chi connectivity index (χ0) is 14.9. The van der Waals surface area contributed by atoms with Crippen molar-refractivity contribution in [3.8, 4) is 0 Å². The van der Waals surface area contributed by atoms with E-state index in [1.807, 2.05) is 11.7 Å². The summed E-state index contributed by atoms with van der Waals surface area (Å²) in [7, 11) is 1.98. The molecule has 2 saturated heterocycles. The van der Waals surface area contributed by atoms with Gasteiger partial charge in [0.15, 0.2) is 5.79 Å². The zero-order valence-corrected chi connectivity index (χ0v) is 13.1. The lowest BCUT2D eigenvalue weighted by Gasteiger charge is -2.31. The van der Waals surface area contributed by atoms with Crippen LogP contribution in [-0.4, -0.2) is 48.0 Å². The average molecular weight is 295 g/mol. The van der Waals surface area contributed by atoms with Crippen LogP contribution in [-0.2, 0) is 27.8 Å². The number of rotatable bonds is 4. The first kappa shape index (κ1) is 15.0. The third-order valence-electron chi connectivity index (χ3n) is 4.50. The predicted octanol–water partition coefficient (Wildman–Crippen LogP) is 1.05. The fourth-order valence-corrected chi connectivity index (χ4v) is 3.09. The van der Waals surface area contributed by atoms with E-state index in [0.717, 1.165) is 44.8 Å². The van der Waals surface area contributed by atoms with Gasteiger partial charge in [0.2, 0.25) is 0 Å². The van der Waals surface area contributed by atoms with Crippen LogP contribution in [0, 0.1) is 13.8 Å². The van der Waals surface area contributed by atoms with Crippen molar-refractivity contribution in [3.63, 3.8) is 0 Å². The summed E-state index contributed by atoms with van der Waals surface area (Å²) in [6, 6.07) is 0. The van der Waals surface area contributed by atoms with E-state index in [2.05, 4.69) is 24.3 Å². The number of ether oxygens (including phenoxy) is 3. The van der Waals surface area contributed by atoms with Crippen LogP contribution < -0.4 is 5.32 Å². The van der Waals surface area contributed by atoms with E-state index in [4.69, 9.17) is 14.2 Å². The largest absolute Gasteiger partial charge is 0.381 e. The topological polar surface area (TPSA) is 57.5 Å². The summed E-state index contributed by atoms with van der Waals surface area (Å²) < 4.78 is 19.3. The van der Waals surface area contributed by atoms with Crippen LogP contribution in [0.5, 0.6) is 0 Å². The molecule has 6 heteroatoms. The molecule has 1 spiro atoms. The van der Waals surface area contributed by atoms with Crippen molar-refractivity contribution < 1.29 is 14.2 Å². The molecule has 0 saturated carbocycles. The lowest BCUT2D eigenvalue weighted by Crippen LogP contribution is -2.39. The lowest BCUT2D eigenvalue weighted by molar-refractivity contribution is -0.210. The Morgan fingerprint density at radius 1 is 1.33 bits per heavy atom. The summed E-state index contributed by atoms with van der Waals surface area (Å²) in [6.45, 7) is 7.90. The van der Waals surface area contributed by atoms with Gasteiger partial charge < -0.3 is 19.5 Å². The molecular weight excluding hydrogens is 270 g/mol. The Bertz CT molecular complexity index is 495. The minimum atomic E-state index is -0.384. The van der Waals surface area contributed by atoms with Crippen LogP contribution >= 0.6 is 0 Å². The summed E-state index contributed by atoms with van der Waals surface area (Å²) in [5, 5.41) is 7.91. The van der Waals surface area contributed by atoms with Crippen molar-refractivity contribution in [2.75, 3.05) is 26.4 Å². The molecule has 3 heterocycles. The summed E-state index contributed by atoms with van der Waals surface area (Å²) in [5.74, 6) is -0.384. The number of nitrogens with one attached hydrogen (secondary N) is 1. The number of aromatic nitrogens is 2. The Kier molecular flexibility index (Phi) is 4.31. The highest BCUT2D eigenvalue weighted by molar-refractivity contribution is 5.23. The Labute approximate surface area is 125 Å². The molecule has 0 unspecified atom stereocenters. The van der Waals surface area contributed by atoms with Crippen LogP contribution in [0.1, 0.15) is 29.8 Å². The highest BCUT2D eigenvalue weighted by atomic mass is 16.7. The van der Waals surface area contributed by atoms with Gasteiger partial charge in [-0.15, -0.1) is 0 Å². The molecule has 0 aromatic carbocycles. The SMILES string of the molecule is Cc1nn(C)c(C)c1CNC[C@H]1COC2(CCOCC2)O1. The summed E-state index contributed by atoms with van der Waals surface area (Å²) in [6.07, 6.45) is 1.80. The third-order valence-corrected chi connectivity index (χ3v) is 4.50. The van der Waals surface area contributed by atoms with Crippen molar-refractivity contribution >= 4 is 0 Å². The van der Waals surface area contributed by atoms with Gasteiger partial charge in [0.1, 0.15) is 0 Å². The van der Waals surface area contributed by atoms with Crippen LogP contribution in [0.15, 0.2) is 0 Å². The Morgan fingerprint density at radius 3 is 2.76 bits per heavy atom. The molecule has 0 aliphatic carbocycles. The fourth-order valence-electron chi connectivity index (χ4n) is 3.09. The first-order valence-corrected chi connectivity index (χ1v) is 7.69. The molecule has 1 aromatic heterocycles. The standard InChI is InChI=1S/C15H25N3O3/c1-11-14(12(2)18(3)17-11)9-16-8-13-10-20-15(21-13)4-6-19-7-5-15/h13,16H,4-10H2,1-3H3/t13-/m0/s1. The Morgan fingerprint density at radius 2 is 2.10 bits per heavy atom. The maximum absolute atomic E-state index is 6.11. The zero-order valence-electron chi connectivity index (χ0n) is 13.1. The molecule has 1 N–H and O–H groups in total. The second kappa shape index (κ2) is 6.04. The van der Waals surface area contributed by atoms with Crippen molar-refractivity contribution in [2.24, 2.45) is 7.05 Å². The van der Waals surface area contributed by atoms with Crippen LogP contribution in [0.3, 0.4) is 0 Å². The molecule has 118 valence electrons. The van der Waals surface area contributed by atoms with Crippen LogP contribution in [0.25, 0.3) is 0 Å². The smallest absolute Gasteiger partial charge is 0.173 e. The molecule has 2 aliphatic rings. The average Bonchev–Trinajstić information content (AvgIpc) is 2.96. The van der Waals surface area contributed by atoms with Crippen molar-refractivity contribution in [1.82, 2.24) is 15.1 Å². The minimum absolute atomic E-state index is 0.125. The molecule has 1 aromatic rings. The third kappa shape index (κ3) is 3.13. The Balaban J connectivity index is 1.48. The van der Waals surface area contributed by atoms with Crippen LogP contribution in [0.2, 0.25) is 0 Å². The van der Waals surface area contributed by atoms with E-state index in [1.54, 1.807) is 0 Å². The quantitative estimate of drug-likeness (QED) is 0.900. The second-order valence-electron chi connectivity index (χ2n) is 5.98. The molecule has 2 fully saturated rings. The highest BCUT2D eigenvalue weighted by Crippen LogP contribution is 2.32. The Hall–Kier alpha value is -0.950. The summed E-state index contributed by atoms with van der Waals surface area (Å²) in [4.78, 5) is 0. The molecule has 0 bridgehead atoms. The summed E-state index contributed by atoms with van der Waals surface area (Å²) in [5.41, 5.74) is 3.58. The lowest BCUT2D eigenvalue weighted by atomic mass is 10.1. The normalized spacial score (nSPS) is 24.8. The van der Waals surface area contributed by atoms with Gasteiger partial charge in [-0.1, -0.05) is 0 Å². The van der Waals surface area contributed by atoms with Gasteiger partial charge in [-0.25, -0.2) is 0 Å². The molecule has 21 heavy (non-hydrogen) atoms. The molecule has 0 amide bonds. The predicted molar refractivity (Wildman–Crippen MR) is 78.0 cm³/mol. The van der Waals surface area contributed by atoms with E-state index >= 15 is 0 Å². The molecule has 3 rings (SSSR count). The van der Waals surface area contributed by atoms with Crippen LogP contribution in [0.4, 0.5) is 0 Å². The minimum Gasteiger partial charge on any atom is -0.381 e. The second-order valence-corrected chi connectivity index (χ2v) is 5.98. The van der Waals surface area contributed by atoms with Gasteiger partial charge in [0.25, 0.3) is 0 Å². The number of nitrogens with zero attached hydrogens (tertiary/aromatic N) is 2. The van der Waals surface area contributed by atoms with Gasteiger partial charge in [-0.05, 0) is 13.8 Å². The van der Waals surface area contributed by atoms with Crippen molar-refractivity contribution in [3.05, 3.63) is 17.0 Å².